The highest BCUT2D eigenvalue weighted by atomic mass is 127. The van der Waals surface area contributed by atoms with Gasteiger partial charge in [0.25, 0.3) is 0 Å². The zero-order valence-electron chi connectivity index (χ0n) is 11.8. The Balaban J connectivity index is 1.93. The molecule has 0 saturated carbocycles. The highest BCUT2D eigenvalue weighted by molar-refractivity contribution is 14.1. The van der Waals surface area contributed by atoms with Gasteiger partial charge < -0.3 is 4.74 Å². The molecule has 1 heterocycles. The lowest BCUT2D eigenvalue weighted by Crippen LogP contribution is -2.24. The molecule has 21 heavy (non-hydrogen) atoms. The molecule has 1 unspecified atom stereocenters. The zero-order chi connectivity index (χ0) is 15.2. The summed E-state index contributed by atoms with van der Waals surface area (Å²) in [5.74, 6) is 0.966. The molecule has 0 spiro atoms. The van der Waals surface area contributed by atoms with Gasteiger partial charge >= 0.3 is 0 Å². The third-order valence-electron chi connectivity index (χ3n) is 3.62. The molecule has 2 aromatic carbocycles. The van der Waals surface area contributed by atoms with E-state index in [2.05, 4.69) is 42.5 Å². The van der Waals surface area contributed by atoms with Gasteiger partial charge in [0.1, 0.15) is 11.4 Å². The fourth-order valence-electron chi connectivity index (χ4n) is 2.65. The van der Waals surface area contributed by atoms with Crippen molar-refractivity contribution in [2.45, 2.75) is 31.2 Å². The van der Waals surface area contributed by atoms with Crippen molar-refractivity contribution in [2.75, 3.05) is 0 Å². The Morgan fingerprint density at radius 1 is 1.14 bits per heavy atom. The van der Waals surface area contributed by atoms with Crippen molar-refractivity contribution in [1.29, 1.82) is 0 Å². The van der Waals surface area contributed by atoms with Crippen molar-refractivity contribution in [3.63, 3.8) is 0 Å². The Bertz CT molecular complexity index is 697. The van der Waals surface area contributed by atoms with Crippen LogP contribution in [0.5, 0.6) is 5.75 Å². The number of halogens is 3. The monoisotopic (exact) mass is 432 g/mol. The summed E-state index contributed by atoms with van der Waals surface area (Å²) < 4.78 is 6.94. The van der Waals surface area contributed by atoms with Crippen LogP contribution in [-0.4, -0.2) is 5.60 Å². The van der Waals surface area contributed by atoms with E-state index in [4.69, 9.17) is 27.9 Å². The standard InChI is InChI=1S/C17H15Cl2IO/c1-17(2)9-12-7-10(4-6-15(12)21-17)16(19)11-3-5-14(20)13(18)8-11/h3-8,16H,9H2,1-2H3. The minimum Gasteiger partial charge on any atom is -0.487 e. The van der Waals surface area contributed by atoms with E-state index in [0.29, 0.717) is 0 Å². The van der Waals surface area contributed by atoms with E-state index in [1.807, 2.05) is 30.3 Å². The van der Waals surface area contributed by atoms with Crippen LogP contribution in [0.1, 0.15) is 35.9 Å². The number of rotatable bonds is 2. The molecule has 1 nitrogen and oxygen atoms in total. The second-order valence-electron chi connectivity index (χ2n) is 5.94. The normalized spacial score (nSPS) is 17.2. The van der Waals surface area contributed by atoms with E-state index in [9.17, 15) is 0 Å². The number of fused-ring (bicyclic) bond motifs is 1. The molecule has 0 amide bonds. The van der Waals surface area contributed by atoms with Crippen molar-refractivity contribution in [2.24, 2.45) is 0 Å². The highest BCUT2D eigenvalue weighted by Crippen LogP contribution is 2.39. The molecule has 0 N–H and O–H groups in total. The summed E-state index contributed by atoms with van der Waals surface area (Å²) in [6, 6.07) is 12.2. The summed E-state index contributed by atoms with van der Waals surface area (Å²) >= 11 is 15.0. The van der Waals surface area contributed by atoms with Crippen LogP contribution in [0, 0.1) is 3.57 Å². The van der Waals surface area contributed by atoms with Gasteiger partial charge in [0.05, 0.1) is 10.4 Å². The summed E-state index contributed by atoms with van der Waals surface area (Å²) in [6.45, 7) is 4.20. The summed E-state index contributed by atoms with van der Waals surface area (Å²) in [6.07, 6.45) is 0.910. The Morgan fingerprint density at radius 2 is 1.81 bits per heavy atom. The van der Waals surface area contributed by atoms with Crippen LogP contribution < -0.4 is 4.74 Å². The molecule has 1 atom stereocenters. The summed E-state index contributed by atoms with van der Waals surface area (Å²) in [4.78, 5) is 0. The molecule has 0 aliphatic carbocycles. The van der Waals surface area contributed by atoms with E-state index in [-0.39, 0.29) is 11.0 Å². The Kier molecular flexibility index (Phi) is 4.15. The number of alkyl halides is 1. The maximum Gasteiger partial charge on any atom is 0.123 e. The predicted molar refractivity (Wildman–Crippen MR) is 96.7 cm³/mol. The molecule has 110 valence electrons. The number of hydrogen-bond acceptors (Lipinski definition) is 1. The van der Waals surface area contributed by atoms with Crippen LogP contribution in [0.15, 0.2) is 36.4 Å². The second-order valence-corrected chi connectivity index (χ2v) is 7.95. The highest BCUT2D eigenvalue weighted by Gasteiger charge is 2.30. The van der Waals surface area contributed by atoms with Gasteiger partial charge in [0.15, 0.2) is 0 Å². The van der Waals surface area contributed by atoms with Gasteiger partial charge in [-0.1, -0.05) is 29.8 Å². The van der Waals surface area contributed by atoms with Crippen LogP contribution in [-0.2, 0) is 6.42 Å². The quantitative estimate of drug-likeness (QED) is 0.418. The van der Waals surface area contributed by atoms with Gasteiger partial charge in [-0.25, -0.2) is 0 Å². The zero-order valence-corrected chi connectivity index (χ0v) is 15.5. The molecule has 4 heteroatoms. The van der Waals surface area contributed by atoms with Gasteiger partial charge in [-0.2, -0.15) is 0 Å². The molecule has 1 aliphatic rings. The molecule has 0 fully saturated rings. The topological polar surface area (TPSA) is 9.23 Å². The number of ether oxygens (including phenoxy) is 1. The summed E-state index contributed by atoms with van der Waals surface area (Å²) in [7, 11) is 0. The maximum atomic E-state index is 6.63. The fourth-order valence-corrected chi connectivity index (χ4v) is 3.45. The van der Waals surface area contributed by atoms with E-state index in [1.165, 1.54) is 5.56 Å². The fraction of sp³-hybridized carbons (Fsp3) is 0.294. The molecule has 1 aliphatic heterocycles. The van der Waals surface area contributed by atoms with Crippen LogP contribution >= 0.6 is 45.8 Å². The van der Waals surface area contributed by atoms with E-state index >= 15 is 0 Å². The average Bonchev–Trinajstić information content (AvgIpc) is 2.73. The number of hydrogen-bond donors (Lipinski definition) is 0. The van der Waals surface area contributed by atoms with Gasteiger partial charge in [0.2, 0.25) is 0 Å². The van der Waals surface area contributed by atoms with Crippen molar-refractivity contribution < 1.29 is 4.74 Å². The first-order valence-electron chi connectivity index (χ1n) is 6.76. The Morgan fingerprint density at radius 3 is 2.52 bits per heavy atom. The lowest BCUT2D eigenvalue weighted by molar-refractivity contribution is 0.138. The average molecular weight is 433 g/mol. The predicted octanol–water partition coefficient (Wildman–Crippen LogP) is 5.99. The third-order valence-corrected chi connectivity index (χ3v) is 5.69. The first kappa shape index (κ1) is 15.4. The first-order chi connectivity index (χ1) is 9.85. The molecule has 0 saturated heterocycles. The molecule has 0 bridgehead atoms. The minimum atomic E-state index is -0.200. The van der Waals surface area contributed by atoms with Crippen LogP contribution in [0.3, 0.4) is 0 Å². The Hall–Kier alpha value is -0.450. The molecule has 3 rings (SSSR count). The first-order valence-corrected chi connectivity index (χ1v) is 8.66. The SMILES string of the molecule is CC1(C)Cc2cc(C(Cl)c3ccc(I)c(Cl)c3)ccc2O1. The lowest BCUT2D eigenvalue weighted by Gasteiger charge is -2.16. The molecule has 0 aromatic heterocycles. The lowest BCUT2D eigenvalue weighted by atomic mass is 9.97. The summed E-state index contributed by atoms with van der Waals surface area (Å²) in [5.41, 5.74) is 3.18. The van der Waals surface area contributed by atoms with E-state index in [1.54, 1.807) is 0 Å². The van der Waals surface area contributed by atoms with Gasteiger partial charge in [-0.05, 0) is 71.3 Å². The minimum absolute atomic E-state index is 0.130. The van der Waals surface area contributed by atoms with Crippen LogP contribution in [0.4, 0.5) is 0 Å². The van der Waals surface area contributed by atoms with E-state index < -0.39 is 0 Å². The van der Waals surface area contributed by atoms with Gasteiger partial charge in [0, 0.05) is 9.99 Å². The molecular weight excluding hydrogens is 418 g/mol. The Labute approximate surface area is 148 Å². The van der Waals surface area contributed by atoms with Crippen molar-refractivity contribution in [3.05, 3.63) is 61.7 Å². The largest absolute Gasteiger partial charge is 0.487 e. The molecular formula is C17H15Cl2IO. The van der Waals surface area contributed by atoms with E-state index in [0.717, 1.165) is 31.9 Å². The smallest absolute Gasteiger partial charge is 0.123 e. The van der Waals surface area contributed by atoms with Crippen LogP contribution in [0.2, 0.25) is 5.02 Å². The maximum absolute atomic E-state index is 6.63. The van der Waals surface area contributed by atoms with Crippen molar-refractivity contribution >= 4 is 45.8 Å². The third kappa shape index (κ3) is 3.17. The molecule has 2 aromatic rings. The van der Waals surface area contributed by atoms with Gasteiger partial charge in [-0.15, -0.1) is 11.6 Å². The number of benzene rings is 2. The molecule has 0 radical (unpaired) electrons. The second kappa shape index (κ2) is 5.64. The summed E-state index contributed by atoms with van der Waals surface area (Å²) in [5, 5.41) is 0.540. The van der Waals surface area contributed by atoms with Crippen LogP contribution in [0.25, 0.3) is 0 Å². The van der Waals surface area contributed by atoms with Gasteiger partial charge in [-0.3, -0.25) is 0 Å². The van der Waals surface area contributed by atoms with Crippen molar-refractivity contribution in [1.82, 2.24) is 0 Å². The van der Waals surface area contributed by atoms with Crippen molar-refractivity contribution in [3.8, 4) is 5.75 Å².